The minimum atomic E-state index is 0.226. The maximum Gasteiger partial charge on any atom is 0.0796 e. The average Bonchev–Trinajstić information content (AvgIpc) is 2.99. The Kier molecular flexibility index (Phi) is 3.24. The van der Waals surface area contributed by atoms with Gasteiger partial charge < -0.3 is 4.74 Å². The first-order chi connectivity index (χ1) is 6.75. The normalized spacial score (nSPS) is 18.1. The Labute approximate surface area is 93.6 Å². The van der Waals surface area contributed by atoms with Crippen LogP contribution in [0.4, 0.5) is 0 Å². The highest BCUT2D eigenvalue weighted by molar-refractivity contribution is 9.10. The van der Waals surface area contributed by atoms with E-state index < -0.39 is 0 Å². The first-order valence-electron chi connectivity index (χ1n) is 5.13. The lowest BCUT2D eigenvalue weighted by Gasteiger charge is -2.12. The molecule has 1 saturated carbocycles. The SMILES string of the molecule is C[C@@H](OCC1CC1)c1ccc(Br)cc1. The smallest absolute Gasteiger partial charge is 0.0796 e. The minimum Gasteiger partial charge on any atom is -0.374 e. The lowest BCUT2D eigenvalue weighted by Crippen LogP contribution is -2.02. The van der Waals surface area contributed by atoms with Gasteiger partial charge in [-0.2, -0.15) is 0 Å². The molecule has 1 aromatic carbocycles. The fraction of sp³-hybridized carbons (Fsp3) is 0.500. The van der Waals surface area contributed by atoms with Crippen LogP contribution in [0.1, 0.15) is 31.4 Å². The number of ether oxygens (including phenoxy) is 1. The van der Waals surface area contributed by atoms with E-state index in [0.717, 1.165) is 17.0 Å². The average molecular weight is 255 g/mol. The summed E-state index contributed by atoms with van der Waals surface area (Å²) < 4.78 is 6.90. The van der Waals surface area contributed by atoms with Crippen LogP contribution in [0.15, 0.2) is 28.7 Å². The fourth-order valence-corrected chi connectivity index (χ4v) is 1.66. The van der Waals surface area contributed by atoms with Crippen LogP contribution in [0.5, 0.6) is 0 Å². The molecule has 0 aliphatic heterocycles. The van der Waals surface area contributed by atoms with Crippen molar-refractivity contribution in [1.82, 2.24) is 0 Å². The largest absolute Gasteiger partial charge is 0.374 e. The Hall–Kier alpha value is -0.340. The van der Waals surface area contributed by atoms with E-state index in [1.54, 1.807) is 0 Å². The van der Waals surface area contributed by atoms with Crippen LogP contribution in [0.2, 0.25) is 0 Å². The zero-order valence-corrected chi connectivity index (χ0v) is 9.96. The van der Waals surface area contributed by atoms with Gasteiger partial charge in [0.2, 0.25) is 0 Å². The molecule has 1 aromatic rings. The van der Waals surface area contributed by atoms with Gasteiger partial charge in [0.25, 0.3) is 0 Å². The van der Waals surface area contributed by atoms with E-state index in [1.807, 2.05) is 0 Å². The molecule has 76 valence electrons. The molecule has 0 aromatic heterocycles. The third kappa shape index (κ3) is 2.82. The quantitative estimate of drug-likeness (QED) is 0.791. The molecule has 1 nitrogen and oxygen atoms in total. The van der Waals surface area contributed by atoms with Gasteiger partial charge in [-0.3, -0.25) is 0 Å². The van der Waals surface area contributed by atoms with Crippen molar-refractivity contribution in [2.24, 2.45) is 5.92 Å². The monoisotopic (exact) mass is 254 g/mol. The van der Waals surface area contributed by atoms with Crippen LogP contribution in [0, 0.1) is 5.92 Å². The van der Waals surface area contributed by atoms with Crippen molar-refractivity contribution in [2.45, 2.75) is 25.9 Å². The lowest BCUT2D eigenvalue weighted by atomic mass is 10.1. The highest BCUT2D eigenvalue weighted by Gasteiger charge is 2.22. The van der Waals surface area contributed by atoms with E-state index in [0.29, 0.717) is 0 Å². The van der Waals surface area contributed by atoms with Gasteiger partial charge in [-0.25, -0.2) is 0 Å². The van der Waals surface area contributed by atoms with Crippen molar-refractivity contribution >= 4 is 15.9 Å². The van der Waals surface area contributed by atoms with Crippen molar-refractivity contribution in [3.63, 3.8) is 0 Å². The van der Waals surface area contributed by atoms with Crippen LogP contribution in [-0.2, 0) is 4.74 Å². The molecule has 1 atom stereocenters. The summed E-state index contributed by atoms with van der Waals surface area (Å²) in [5.74, 6) is 0.841. The summed E-state index contributed by atoms with van der Waals surface area (Å²) in [7, 11) is 0. The molecule has 0 bridgehead atoms. The predicted octanol–water partition coefficient (Wildman–Crippen LogP) is 3.94. The third-order valence-corrected chi connectivity index (χ3v) is 3.15. The molecular weight excluding hydrogens is 240 g/mol. The van der Waals surface area contributed by atoms with Gasteiger partial charge in [0.15, 0.2) is 0 Å². The minimum absolute atomic E-state index is 0.226. The van der Waals surface area contributed by atoms with Crippen molar-refractivity contribution in [3.05, 3.63) is 34.3 Å². The molecule has 0 saturated heterocycles. The molecule has 0 heterocycles. The second-order valence-electron chi connectivity index (χ2n) is 3.97. The molecule has 2 heteroatoms. The maximum atomic E-state index is 5.78. The van der Waals surface area contributed by atoms with E-state index in [9.17, 15) is 0 Å². The summed E-state index contributed by atoms with van der Waals surface area (Å²) in [5.41, 5.74) is 1.26. The van der Waals surface area contributed by atoms with Gasteiger partial charge in [0, 0.05) is 4.47 Å². The Morgan fingerprint density at radius 1 is 1.36 bits per heavy atom. The number of halogens is 1. The Balaban J connectivity index is 1.88. The summed E-state index contributed by atoms with van der Waals surface area (Å²) in [6.45, 7) is 3.04. The van der Waals surface area contributed by atoms with Crippen LogP contribution >= 0.6 is 15.9 Å². The van der Waals surface area contributed by atoms with Crippen molar-refractivity contribution in [1.29, 1.82) is 0 Å². The van der Waals surface area contributed by atoms with Crippen LogP contribution in [0.3, 0.4) is 0 Å². The second-order valence-corrected chi connectivity index (χ2v) is 4.89. The van der Waals surface area contributed by atoms with E-state index in [2.05, 4.69) is 47.1 Å². The standard InChI is InChI=1S/C12H15BrO/c1-9(14-8-10-2-3-10)11-4-6-12(13)7-5-11/h4-7,9-10H,2-3,8H2,1H3/t9-/m1/s1. The van der Waals surface area contributed by atoms with Gasteiger partial charge in [0.05, 0.1) is 12.7 Å². The second kappa shape index (κ2) is 4.45. The first kappa shape index (κ1) is 10.2. The zero-order valence-electron chi connectivity index (χ0n) is 8.37. The Morgan fingerprint density at radius 2 is 2.00 bits per heavy atom. The summed E-state index contributed by atoms with van der Waals surface area (Å²) in [4.78, 5) is 0. The highest BCUT2D eigenvalue weighted by atomic mass is 79.9. The van der Waals surface area contributed by atoms with Crippen LogP contribution in [-0.4, -0.2) is 6.61 Å². The topological polar surface area (TPSA) is 9.23 Å². The number of rotatable bonds is 4. The molecule has 0 spiro atoms. The number of hydrogen-bond acceptors (Lipinski definition) is 1. The molecule has 2 rings (SSSR count). The summed E-state index contributed by atoms with van der Waals surface area (Å²) in [6, 6.07) is 8.35. The zero-order chi connectivity index (χ0) is 9.97. The van der Waals surface area contributed by atoms with Crippen molar-refractivity contribution in [2.75, 3.05) is 6.61 Å². The maximum absolute atomic E-state index is 5.78. The molecular formula is C12H15BrO. The molecule has 0 radical (unpaired) electrons. The first-order valence-corrected chi connectivity index (χ1v) is 5.92. The van der Waals surface area contributed by atoms with Crippen molar-refractivity contribution < 1.29 is 4.74 Å². The molecule has 1 aliphatic carbocycles. The Morgan fingerprint density at radius 3 is 2.57 bits per heavy atom. The van der Waals surface area contributed by atoms with Gasteiger partial charge >= 0.3 is 0 Å². The van der Waals surface area contributed by atoms with E-state index in [-0.39, 0.29) is 6.10 Å². The predicted molar refractivity (Wildman–Crippen MR) is 61.2 cm³/mol. The molecule has 0 amide bonds. The molecule has 0 N–H and O–H groups in total. The van der Waals surface area contributed by atoms with E-state index in [1.165, 1.54) is 18.4 Å². The molecule has 1 fully saturated rings. The lowest BCUT2D eigenvalue weighted by molar-refractivity contribution is 0.0579. The van der Waals surface area contributed by atoms with Gasteiger partial charge in [0.1, 0.15) is 0 Å². The highest BCUT2D eigenvalue weighted by Crippen LogP contribution is 2.31. The summed E-state index contributed by atoms with van der Waals surface area (Å²) in [6.07, 6.45) is 2.93. The van der Waals surface area contributed by atoms with Gasteiger partial charge in [-0.05, 0) is 43.4 Å². The number of benzene rings is 1. The summed E-state index contributed by atoms with van der Waals surface area (Å²) in [5, 5.41) is 0. The number of hydrogen-bond donors (Lipinski definition) is 0. The van der Waals surface area contributed by atoms with E-state index in [4.69, 9.17) is 4.74 Å². The molecule has 0 unspecified atom stereocenters. The van der Waals surface area contributed by atoms with Crippen molar-refractivity contribution in [3.8, 4) is 0 Å². The van der Waals surface area contributed by atoms with Crippen LogP contribution in [0.25, 0.3) is 0 Å². The fourth-order valence-electron chi connectivity index (χ4n) is 1.39. The Bertz CT molecular complexity index is 290. The van der Waals surface area contributed by atoms with Crippen LogP contribution < -0.4 is 0 Å². The van der Waals surface area contributed by atoms with E-state index >= 15 is 0 Å². The summed E-state index contributed by atoms with van der Waals surface area (Å²) >= 11 is 3.43. The third-order valence-electron chi connectivity index (χ3n) is 2.62. The van der Waals surface area contributed by atoms with Gasteiger partial charge in [-0.1, -0.05) is 28.1 Å². The molecule has 1 aliphatic rings. The van der Waals surface area contributed by atoms with Gasteiger partial charge in [-0.15, -0.1) is 0 Å². The molecule has 14 heavy (non-hydrogen) atoms.